The van der Waals surface area contributed by atoms with E-state index in [4.69, 9.17) is 17.3 Å². The van der Waals surface area contributed by atoms with Crippen molar-refractivity contribution in [2.75, 3.05) is 5.73 Å². The lowest BCUT2D eigenvalue weighted by atomic mass is 10.3. The van der Waals surface area contributed by atoms with Crippen LogP contribution in [-0.4, -0.2) is 19.6 Å². The van der Waals surface area contributed by atoms with E-state index in [1.54, 1.807) is 28.9 Å². The van der Waals surface area contributed by atoms with Gasteiger partial charge in [-0.1, -0.05) is 11.6 Å². The summed E-state index contributed by atoms with van der Waals surface area (Å²) in [5.41, 5.74) is 7.75. The molecule has 3 heterocycles. The van der Waals surface area contributed by atoms with Crippen molar-refractivity contribution in [1.82, 2.24) is 19.6 Å². The van der Waals surface area contributed by atoms with E-state index >= 15 is 0 Å². The maximum atomic E-state index is 6.13. The fraction of sp³-hybridized carbons (Fsp3) is 0. The fourth-order valence-electron chi connectivity index (χ4n) is 1.66. The minimum atomic E-state index is 0.512. The maximum Gasteiger partial charge on any atom is 0.185 e. The van der Waals surface area contributed by atoms with Crippen LogP contribution in [0.25, 0.3) is 17.0 Å². The molecule has 0 spiro atoms. The molecule has 0 unspecified atom stereocenters. The first-order valence-corrected chi connectivity index (χ1v) is 5.34. The summed E-state index contributed by atoms with van der Waals surface area (Å²) in [7, 11) is 0. The van der Waals surface area contributed by atoms with E-state index in [0.717, 1.165) is 5.56 Å². The number of anilines is 1. The Labute approximate surface area is 102 Å². The predicted molar refractivity (Wildman–Crippen MR) is 65.6 cm³/mol. The Morgan fingerprint density at radius 3 is 2.82 bits per heavy atom. The molecular weight excluding hydrogens is 238 g/mol. The molecule has 0 fully saturated rings. The van der Waals surface area contributed by atoms with E-state index < -0.39 is 0 Å². The van der Waals surface area contributed by atoms with E-state index in [0.29, 0.717) is 22.3 Å². The zero-order chi connectivity index (χ0) is 11.8. The van der Waals surface area contributed by atoms with Crippen LogP contribution < -0.4 is 5.73 Å². The zero-order valence-electron chi connectivity index (χ0n) is 8.71. The SMILES string of the molecule is Nc1ccc(Cl)n2c(-c3cccnc3)nnc12. The number of nitrogens with two attached hydrogens (primary N) is 1. The molecule has 2 N–H and O–H groups in total. The Hall–Kier alpha value is -2.14. The summed E-state index contributed by atoms with van der Waals surface area (Å²) in [5.74, 6) is 0.630. The largest absolute Gasteiger partial charge is 0.396 e. The monoisotopic (exact) mass is 245 g/mol. The van der Waals surface area contributed by atoms with Gasteiger partial charge in [0, 0.05) is 18.0 Å². The molecule has 0 radical (unpaired) electrons. The topological polar surface area (TPSA) is 69.1 Å². The smallest absolute Gasteiger partial charge is 0.185 e. The van der Waals surface area contributed by atoms with Gasteiger partial charge >= 0.3 is 0 Å². The van der Waals surface area contributed by atoms with Crippen molar-refractivity contribution in [2.45, 2.75) is 0 Å². The summed E-state index contributed by atoms with van der Waals surface area (Å²) in [6.07, 6.45) is 3.40. The van der Waals surface area contributed by atoms with Crippen LogP contribution >= 0.6 is 11.6 Å². The minimum Gasteiger partial charge on any atom is -0.396 e. The second kappa shape index (κ2) is 3.71. The van der Waals surface area contributed by atoms with Crippen LogP contribution in [0, 0.1) is 0 Å². The van der Waals surface area contributed by atoms with Crippen molar-refractivity contribution < 1.29 is 0 Å². The fourth-order valence-corrected chi connectivity index (χ4v) is 1.89. The number of pyridine rings is 2. The van der Waals surface area contributed by atoms with Crippen molar-refractivity contribution in [3.8, 4) is 11.4 Å². The molecule has 3 aromatic heterocycles. The molecule has 0 atom stereocenters. The van der Waals surface area contributed by atoms with Crippen molar-refractivity contribution in [3.63, 3.8) is 0 Å². The predicted octanol–water partition coefficient (Wildman–Crippen LogP) is 2.03. The van der Waals surface area contributed by atoms with Gasteiger partial charge in [-0.2, -0.15) is 0 Å². The van der Waals surface area contributed by atoms with Crippen molar-refractivity contribution in [1.29, 1.82) is 0 Å². The number of hydrogen-bond acceptors (Lipinski definition) is 4. The third kappa shape index (κ3) is 1.52. The van der Waals surface area contributed by atoms with E-state index in [9.17, 15) is 0 Å². The molecule has 6 heteroatoms. The molecule has 0 saturated carbocycles. The summed E-state index contributed by atoms with van der Waals surface area (Å²) in [5, 5.41) is 8.64. The second-order valence-corrected chi connectivity index (χ2v) is 3.92. The summed E-state index contributed by atoms with van der Waals surface area (Å²) in [6, 6.07) is 7.14. The highest BCUT2D eigenvalue weighted by Crippen LogP contribution is 2.24. The quantitative estimate of drug-likeness (QED) is 0.666. The van der Waals surface area contributed by atoms with Crippen LogP contribution in [0.2, 0.25) is 5.15 Å². The molecule has 5 nitrogen and oxygen atoms in total. The lowest BCUT2D eigenvalue weighted by molar-refractivity contribution is 1.11. The van der Waals surface area contributed by atoms with Crippen LogP contribution in [0.15, 0.2) is 36.7 Å². The van der Waals surface area contributed by atoms with Crippen molar-refractivity contribution in [2.24, 2.45) is 0 Å². The number of hydrogen-bond donors (Lipinski definition) is 1. The lowest BCUT2D eigenvalue weighted by Crippen LogP contribution is -1.95. The molecule has 0 bridgehead atoms. The average Bonchev–Trinajstić information content (AvgIpc) is 2.81. The van der Waals surface area contributed by atoms with Gasteiger partial charge in [0.25, 0.3) is 0 Å². The number of rotatable bonds is 1. The first-order chi connectivity index (χ1) is 8.27. The molecule has 0 aromatic carbocycles. The van der Waals surface area contributed by atoms with Crippen molar-refractivity contribution >= 4 is 22.9 Å². The number of fused-ring (bicyclic) bond motifs is 1. The summed E-state index contributed by atoms with van der Waals surface area (Å²) in [4.78, 5) is 4.04. The van der Waals surface area contributed by atoms with Crippen LogP contribution in [0.3, 0.4) is 0 Å². The number of nitrogens with zero attached hydrogens (tertiary/aromatic N) is 4. The van der Waals surface area contributed by atoms with Gasteiger partial charge in [0.1, 0.15) is 5.15 Å². The molecule has 17 heavy (non-hydrogen) atoms. The molecule has 3 rings (SSSR count). The summed E-state index contributed by atoms with van der Waals surface area (Å²) in [6.45, 7) is 0. The first kappa shape index (κ1) is 10.0. The van der Waals surface area contributed by atoms with Crippen molar-refractivity contribution in [3.05, 3.63) is 41.8 Å². The van der Waals surface area contributed by atoms with Gasteiger partial charge in [0.2, 0.25) is 0 Å². The number of nitrogen functional groups attached to an aromatic ring is 1. The van der Waals surface area contributed by atoms with Gasteiger partial charge in [-0.15, -0.1) is 10.2 Å². The van der Waals surface area contributed by atoms with E-state index in [-0.39, 0.29) is 0 Å². The third-order valence-corrected chi connectivity index (χ3v) is 2.75. The molecule has 3 aromatic rings. The molecule has 0 aliphatic carbocycles. The molecule has 0 amide bonds. The van der Waals surface area contributed by atoms with Crippen LogP contribution in [0.1, 0.15) is 0 Å². The van der Waals surface area contributed by atoms with Crippen LogP contribution in [0.5, 0.6) is 0 Å². The first-order valence-electron chi connectivity index (χ1n) is 4.97. The zero-order valence-corrected chi connectivity index (χ0v) is 9.46. The Balaban J connectivity index is 2.36. The van der Waals surface area contributed by atoms with Gasteiger partial charge in [0.05, 0.1) is 5.69 Å². The normalized spacial score (nSPS) is 10.9. The molecule has 0 aliphatic heterocycles. The highest BCUT2D eigenvalue weighted by atomic mass is 35.5. The molecular formula is C11H8ClN5. The van der Waals surface area contributed by atoms with E-state index in [1.807, 2.05) is 12.1 Å². The Bertz CT molecular complexity index is 677. The second-order valence-electron chi connectivity index (χ2n) is 3.54. The lowest BCUT2D eigenvalue weighted by Gasteiger charge is -2.03. The summed E-state index contributed by atoms with van der Waals surface area (Å²) < 4.78 is 1.70. The molecule has 0 saturated heterocycles. The van der Waals surface area contributed by atoms with Gasteiger partial charge in [-0.25, -0.2) is 0 Å². The number of halogens is 1. The average molecular weight is 246 g/mol. The highest BCUT2D eigenvalue weighted by molar-refractivity contribution is 6.30. The highest BCUT2D eigenvalue weighted by Gasteiger charge is 2.12. The third-order valence-electron chi connectivity index (χ3n) is 2.46. The van der Waals surface area contributed by atoms with Gasteiger partial charge in [0.15, 0.2) is 11.5 Å². The Morgan fingerprint density at radius 1 is 1.18 bits per heavy atom. The maximum absolute atomic E-state index is 6.13. The Kier molecular flexibility index (Phi) is 2.19. The standard InChI is InChI=1S/C11H8ClN5/c12-9-4-3-8(13)11-16-15-10(17(9)11)7-2-1-5-14-6-7/h1-6H,13H2. The minimum absolute atomic E-state index is 0.512. The van der Waals surface area contributed by atoms with Gasteiger partial charge < -0.3 is 5.73 Å². The van der Waals surface area contributed by atoms with E-state index in [1.165, 1.54) is 0 Å². The molecule has 0 aliphatic rings. The van der Waals surface area contributed by atoms with Gasteiger partial charge in [-0.3, -0.25) is 9.38 Å². The molecule has 84 valence electrons. The number of aromatic nitrogens is 4. The van der Waals surface area contributed by atoms with Gasteiger partial charge in [-0.05, 0) is 24.3 Å². The van der Waals surface area contributed by atoms with Crippen LogP contribution in [0.4, 0.5) is 5.69 Å². The van der Waals surface area contributed by atoms with E-state index in [2.05, 4.69) is 15.2 Å². The van der Waals surface area contributed by atoms with Crippen LogP contribution in [-0.2, 0) is 0 Å². The summed E-state index contributed by atoms with van der Waals surface area (Å²) >= 11 is 6.13. The Morgan fingerprint density at radius 2 is 2.06 bits per heavy atom.